The van der Waals surface area contributed by atoms with Gasteiger partial charge in [-0.15, -0.1) is 6.58 Å². The average Bonchev–Trinajstić information content (AvgIpc) is 3.36. The number of hydrogen-bond acceptors (Lipinski definition) is 5. The first-order valence-corrected chi connectivity index (χ1v) is 10.6. The first-order valence-electron chi connectivity index (χ1n) is 10.6. The minimum Gasteiger partial charge on any atom is -0.481 e. The zero-order valence-electron chi connectivity index (χ0n) is 18.3. The highest BCUT2D eigenvalue weighted by molar-refractivity contribution is 5.97. The molecule has 31 heavy (non-hydrogen) atoms. The SMILES string of the molecule is C=CCCC(C)(C)N1c2cc(C)cc(C(=O)OCc3ccccc3)c2C2C(=C(O)O)C21. The molecule has 1 aliphatic carbocycles. The van der Waals surface area contributed by atoms with E-state index in [9.17, 15) is 15.0 Å². The summed E-state index contributed by atoms with van der Waals surface area (Å²) in [6, 6.07) is 13.3. The summed E-state index contributed by atoms with van der Waals surface area (Å²) in [6.45, 7) is 10.3. The largest absolute Gasteiger partial charge is 0.481 e. The van der Waals surface area contributed by atoms with Gasteiger partial charge in [0.25, 0.3) is 5.95 Å². The normalized spacial score (nSPS) is 18.9. The highest BCUT2D eigenvalue weighted by Crippen LogP contribution is 2.64. The summed E-state index contributed by atoms with van der Waals surface area (Å²) < 4.78 is 5.63. The van der Waals surface area contributed by atoms with Crippen LogP contribution in [0, 0.1) is 6.92 Å². The van der Waals surface area contributed by atoms with E-state index in [-0.39, 0.29) is 24.1 Å². The molecule has 1 aliphatic heterocycles. The maximum absolute atomic E-state index is 13.1. The molecule has 2 unspecified atom stereocenters. The van der Waals surface area contributed by atoms with Crippen LogP contribution >= 0.6 is 0 Å². The van der Waals surface area contributed by atoms with Crippen molar-refractivity contribution in [3.8, 4) is 0 Å². The number of anilines is 1. The van der Waals surface area contributed by atoms with E-state index in [1.807, 2.05) is 49.4 Å². The minimum absolute atomic E-state index is 0.151. The van der Waals surface area contributed by atoms with E-state index >= 15 is 0 Å². The number of benzene rings is 2. The van der Waals surface area contributed by atoms with Gasteiger partial charge in [-0.3, -0.25) is 0 Å². The molecule has 0 amide bonds. The van der Waals surface area contributed by atoms with Crippen molar-refractivity contribution in [1.82, 2.24) is 0 Å². The maximum atomic E-state index is 13.1. The van der Waals surface area contributed by atoms with E-state index in [1.54, 1.807) is 0 Å². The van der Waals surface area contributed by atoms with E-state index in [1.165, 1.54) is 0 Å². The molecule has 162 valence electrons. The van der Waals surface area contributed by atoms with E-state index in [0.717, 1.165) is 35.2 Å². The highest BCUT2D eigenvalue weighted by atomic mass is 16.5. The topological polar surface area (TPSA) is 70.0 Å². The number of allylic oxidation sites excluding steroid dienone is 1. The van der Waals surface area contributed by atoms with Crippen LogP contribution in [0.5, 0.6) is 0 Å². The second-order valence-electron chi connectivity index (χ2n) is 9.02. The van der Waals surface area contributed by atoms with Gasteiger partial charge in [0, 0.05) is 22.7 Å². The van der Waals surface area contributed by atoms with Gasteiger partial charge in [0.05, 0.1) is 11.6 Å². The number of carbonyl (C=O) groups excluding carboxylic acids is 1. The number of fused-ring (bicyclic) bond motifs is 3. The van der Waals surface area contributed by atoms with Crippen molar-refractivity contribution in [2.45, 2.75) is 57.7 Å². The Morgan fingerprint density at radius 2 is 1.94 bits per heavy atom. The van der Waals surface area contributed by atoms with Gasteiger partial charge in [0.1, 0.15) is 6.61 Å². The maximum Gasteiger partial charge on any atom is 0.338 e. The molecule has 4 rings (SSSR count). The number of carbonyl (C=O) groups is 1. The molecule has 1 saturated carbocycles. The van der Waals surface area contributed by atoms with Crippen LogP contribution in [0.15, 0.2) is 66.6 Å². The Bertz CT molecular complexity index is 1050. The Balaban J connectivity index is 1.73. The lowest BCUT2D eigenvalue weighted by molar-refractivity contribution is 0.0471. The van der Waals surface area contributed by atoms with E-state index in [0.29, 0.717) is 11.1 Å². The summed E-state index contributed by atoms with van der Waals surface area (Å²) >= 11 is 0. The lowest BCUT2D eigenvalue weighted by Crippen LogP contribution is -2.45. The molecule has 1 heterocycles. The summed E-state index contributed by atoms with van der Waals surface area (Å²) in [5.41, 5.74) is 4.51. The van der Waals surface area contributed by atoms with Crippen molar-refractivity contribution in [3.63, 3.8) is 0 Å². The van der Waals surface area contributed by atoms with Crippen molar-refractivity contribution >= 4 is 11.7 Å². The molecule has 5 nitrogen and oxygen atoms in total. The predicted octanol–water partition coefficient (Wildman–Crippen LogP) is 5.71. The van der Waals surface area contributed by atoms with Crippen LogP contribution < -0.4 is 4.90 Å². The van der Waals surface area contributed by atoms with Crippen molar-refractivity contribution < 1.29 is 19.7 Å². The minimum atomic E-state index is -0.644. The Hall–Kier alpha value is -3.21. The van der Waals surface area contributed by atoms with E-state index in [2.05, 4.69) is 31.4 Å². The zero-order chi connectivity index (χ0) is 22.3. The number of aliphatic hydroxyl groups is 2. The fourth-order valence-electron chi connectivity index (χ4n) is 4.82. The summed E-state index contributed by atoms with van der Waals surface area (Å²) in [4.78, 5) is 15.3. The van der Waals surface area contributed by atoms with Crippen LogP contribution in [0.2, 0.25) is 0 Å². The lowest BCUT2D eigenvalue weighted by Gasteiger charge is -2.40. The van der Waals surface area contributed by atoms with Crippen LogP contribution in [0.1, 0.15) is 59.7 Å². The molecule has 2 aromatic carbocycles. The zero-order valence-corrected chi connectivity index (χ0v) is 18.3. The average molecular weight is 420 g/mol. The Labute approximate surface area is 183 Å². The molecule has 2 aliphatic rings. The molecule has 0 aromatic heterocycles. The number of ether oxygens (including phenoxy) is 1. The highest BCUT2D eigenvalue weighted by Gasteiger charge is 2.62. The number of esters is 1. The summed E-state index contributed by atoms with van der Waals surface area (Å²) in [5, 5.41) is 19.8. The third kappa shape index (κ3) is 3.69. The van der Waals surface area contributed by atoms with Gasteiger partial charge < -0.3 is 19.8 Å². The van der Waals surface area contributed by atoms with Crippen molar-refractivity contribution in [2.75, 3.05) is 4.90 Å². The summed E-state index contributed by atoms with van der Waals surface area (Å²) in [6.07, 6.45) is 3.60. The summed E-state index contributed by atoms with van der Waals surface area (Å²) in [5.74, 6) is -1.24. The number of aryl methyl sites for hydroxylation is 1. The second-order valence-corrected chi connectivity index (χ2v) is 9.02. The van der Waals surface area contributed by atoms with Gasteiger partial charge in [-0.25, -0.2) is 4.79 Å². The first kappa shape index (κ1) is 21.0. The number of rotatable bonds is 7. The van der Waals surface area contributed by atoms with Crippen LogP contribution in [-0.2, 0) is 11.3 Å². The fraction of sp³-hybridized carbons (Fsp3) is 0.346. The molecule has 0 spiro atoms. The molecule has 0 radical (unpaired) electrons. The molecule has 2 atom stereocenters. The monoisotopic (exact) mass is 419 g/mol. The lowest BCUT2D eigenvalue weighted by atomic mass is 9.93. The Morgan fingerprint density at radius 3 is 2.58 bits per heavy atom. The van der Waals surface area contributed by atoms with E-state index < -0.39 is 11.9 Å². The number of aliphatic hydroxyl groups excluding tert-OH is 1. The number of nitrogens with zero attached hydrogens (tertiary/aromatic N) is 1. The van der Waals surface area contributed by atoms with Crippen LogP contribution in [0.3, 0.4) is 0 Å². The first-order chi connectivity index (χ1) is 14.8. The molecule has 0 bridgehead atoms. The van der Waals surface area contributed by atoms with Gasteiger partial charge in [-0.2, -0.15) is 0 Å². The molecule has 2 N–H and O–H groups in total. The van der Waals surface area contributed by atoms with E-state index in [4.69, 9.17) is 4.74 Å². The Morgan fingerprint density at radius 1 is 1.23 bits per heavy atom. The third-order valence-electron chi connectivity index (χ3n) is 6.31. The molecule has 0 saturated heterocycles. The van der Waals surface area contributed by atoms with Crippen molar-refractivity contribution in [3.05, 3.63) is 88.9 Å². The van der Waals surface area contributed by atoms with Gasteiger partial charge in [-0.1, -0.05) is 36.4 Å². The fourth-order valence-corrected chi connectivity index (χ4v) is 4.82. The van der Waals surface area contributed by atoms with Crippen LogP contribution in [0.4, 0.5) is 5.69 Å². The number of hydrogen-bond donors (Lipinski definition) is 2. The van der Waals surface area contributed by atoms with Crippen molar-refractivity contribution in [1.29, 1.82) is 0 Å². The molecular formula is C26H29NO4. The van der Waals surface area contributed by atoms with Gasteiger partial charge >= 0.3 is 5.97 Å². The quantitative estimate of drug-likeness (QED) is 0.342. The second kappa shape index (κ2) is 7.80. The Kier molecular flexibility index (Phi) is 5.29. The molecule has 1 fully saturated rings. The molecular weight excluding hydrogens is 390 g/mol. The van der Waals surface area contributed by atoms with Gasteiger partial charge in [0.2, 0.25) is 0 Å². The van der Waals surface area contributed by atoms with Crippen molar-refractivity contribution in [2.24, 2.45) is 0 Å². The molecule has 2 aromatic rings. The predicted molar refractivity (Wildman–Crippen MR) is 122 cm³/mol. The van der Waals surface area contributed by atoms with Crippen LogP contribution in [0.25, 0.3) is 0 Å². The van der Waals surface area contributed by atoms with Crippen LogP contribution in [-0.4, -0.2) is 27.8 Å². The smallest absolute Gasteiger partial charge is 0.338 e. The van der Waals surface area contributed by atoms with Gasteiger partial charge in [-0.05, 0) is 62.4 Å². The van der Waals surface area contributed by atoms with Gasteiger partial charge in [0.15, 0.2) is 0 Å². The standard InChI is InChI=1S/C26H29NO4/c1-5-6-12-26(3,4)27-19-14-16(2)13-18(20(19)21-22(23(21)27)24(28)29)25(30)31-15-17-10-8-7-9-11-17/h5,7-11,13-14,21,23,28-29H,1,6,12,15H2,2-4H3. The third-order valence-corrected chi connectivity index (χ3v) is 6.31. The molecule has 5 heteroatoms. The summed E-state index contributed by atoms with van der Waals surface area (Å²) in [7, 11) is 0.